The first-order chi connectivity index (χ1) is 9.90. The minimum Gasteiger partial charge on any atom is -0.336 e. The molecular formula is C16H19N3O2. The third-order valence-corrected chi connectivity index (χ3v) is 4.28. The van der Waals surface area contributed by atoms with Crippen LogP contribution in [0.5, 0.6) is 0 Å². The average molecular weight is 285 g/mol. The molecule has 1 N–H and O–H groups in total. The van der Waals surface area contributed by atoms with Crippen LogP contribution in [0.4, 0.5) is 4.79 Å². The van der Waals surface area contributed by atoms with Gasteiger partial charge in [0.05, 0.1) is 23.9 Å². The summed E-state index contributed by atoms with van der Waals surface area (Å²) in [4.78, 5) is 27.8. The lowest BCUT2D eigenvalue weighted by atomic mass is 9.91. The summed E-state index contributed by atoms with van der Waals surface area (Å²) in [6, 6.07) is 5.56. The second-order valence-electron chi connectivity index (χ2n) is 5.82. The minimum absolute atomic E-state index is 0.0122. The first-order valence-electron chi connectivity index (χ1n) is 7.00. The van der Waals surface area contributed by atoms with Crippen LogP contribution in [0.15, 0.2) is 29.5 Å². The summed E-state index contributed by atoms with van der Waals surface area (Å²) in [5.74, 6) is -0.0122. The summed E-state index contributed by atoms with van der Waals surface area (Å²) in [6.07, 6.45) is 0. The number of aryl methyl sites for hydroxylation is 2. The van der Waals surface area contributed by atoms with Crippen LogP contribution in [-0.2, 0) is 4.79 Å². The lowest BCUT2D eigenvalue weighted by molar-refractivity contribution is -0.124. The molecule has 3 rings (SSSR count). The van der Waals surface area contributed by atoms with Gasteiger partial charge in [0.2, 0.25) is 0 Å². The molecule has 2 aliphatic heterocycles. The molecule has 0 fully saturated rings. The normalized spacial score (nSPS) is 21.8. The lowest BCUT2D eigenvalue weighted by Gasteiger charge is -2.31. The number of carbonyl (C=O) groups is 2. The summed E-state index contributed by atoms with van der Waals surface area (Å²) < 4.78 is 0. The second kappa shape index (κ2) is 4.62. The van der Waals surface area contributed by atoms with Crippen molar-refractivity contribution >= 4 is 11.9 Å². The topological polar surface area (TPSA) is 52.7 Å². The Morgan fingerprint density at radius 1 is 1.19 bits per heavy atom. The molecule has 3 amide bonds. The maximum atomic E-state index is 12.4. The molecule has 5 nitrogen and oxygen atoms in total. The predicted octanol–water partition coefficient (Wildman–Crippen LogP) is 1.73. The first-order valence-corrected chi connectivity index (χ1v) is 7.00. The van der Waals surface area contributed by atoms with Gasteiger partial charge in [0.1, 0.15) is 0 Å². The smallest absolute Gasteiger partial charge is 0.322 e. The van der Waals surface area contributed by atoms with Crippen LogP contribution in [-0.4, -0.2) is 42.4 Å². The first kappa shape index (κ1) is 13.7. The highest BCUT2D eigenvalue weighted by molar-refractivity contribution is 6.01. The van der Waals surface area contributed by atoms with Crippen molar-refractivity contribution in [2.24, 2.45) is 0 Å². The molecule has 0 aliphatic carbocycles. The molecule has 2 aliphatic rings. The Bertz CT molecular complexity index is 678. The maximum absolute atomic E-state index is 12.4. The number of nitrogens with zero attached hydrogens (tertiary/aromatic N) is 2. The zero-order valence-electron chi connectivity index (χ0n) is 12.7. The van der Waals surface area contributed by atoms with Gasteiger partial charge in [0, 0.05) is 14.1 Å². The highest BCUT2D eigenvalue weighted by Crippen LogP contribution is 2.36. The molecule has 0 radical (unpaired) electrons. The summed E-state index contributed by atoms with van der Waals surface area (Å²) >= 11 is 0. The van der Waals surface area contributed by atoms with E-state index >= 15 is 0 Å². The SMILES string of the molecule is Cc1ccc(C2NC(=O)N(C)C3=C2C(=O)N(C)C3)c(C)c1. The minimum atomic E-state index is -0.359. The van der Waals surface area contributed by atoms with Crippen molar-refractivity contribution in [1.29, 1.82) is 0 Å². The molecule has 2 heterocycles. The highest BCUT2D eigenvalue weighted by Gasteiger charge is 2.41. The van der Waals surface area contributed by atoms with E-state index in [0.29, 0.717) is 12.1 Å². The fraction of sp³-hybridized carbons (Fsp3) is 0.375. The molecule has 110 valence electrons. The van der Waals surface area contributed by atoms with E-state index in [4.69, 9.17) is 0 Å². The number of hydrogen-bond acceptors (Lipinski definition) is 2. The molecule has 1 aromatic carbocycles. The molecule has 0 saturated heterocycles. The third kappa shape index (κ3) is 2.00. The van der Waals surface area contributed by atoms with E-state index < -0.39 is 0 Å². The molecule has 1 unspecified atom stereocenters. The van der Waals surface area contributed by atoms with Crippen LogP contribution >= 0.6 is 0 Å². The molecule has 1 atom stereocenters. The Morgan fingerprint density at radius 3 is 2.57 bits per heavy atom. The third-order valence-electron chi connectivity index (χ3n) is 4.28. The van der Waals surface area contributed by atoms with Crippen molar-refractivity contribution in [2.45, 2.75) is 19.9 Å². The maximum Gasteiger partial charge on any atom is 0.322 e. The zero-order chi connectivity index (χ0) is 15.3. The number of benzene rings is 1. The standard InChI is InChI=1S/C16H19N3O2/c1-9-5-6-11(10(2)7-9)14-13-12(8-18(3)15(13)20)19(4)16(21)17-14/h5-7,14H,8H2,1-4H3,(H,17,21). The molecular weight excluding hydrogens is 266 g/mol. The van der Waals surface area contributed by atoms with E-state index in [2.05, 4.69) is 11.4 Å². The highest BCUT2D eigenvalue weighted by atomic mass is 16.2. The number of rotatable bonds is 1. The quantitative estimate of drug-likeness (QED) is 0.854. The fourth-order valence-corrected chi connectivity index (χ4v) is 3.09. The molecule has 21 heavy (non-hydrogen) atoms. The van der Waals surface area contributed by atoms with E-state index in [1.165, 1.54) is 10.5 Å². The summed E-state index contributed by atoms with van der Waals surface area (Å²) in [7, 11) is 3.47. The zero-order valence-corrected chi connectivity index (χ0v) is 12.7. The van der Waals surface area contributed by atoms with Gasteiger partial charge in [-0.25, -0.2) is 4.79 Å². The van der Waals surface area contributed by atoms with Crippen molar-refractivity contribution in [1.82, 2.24) is 15.1 Å². The van der Waals surface area contributed by atoms with E-state index in [1.54, 1.807) is 19.0 Å². The van der Waals surface area contributed by atoms with Crippen molar-refractivity contribution in [3.63, 3.8) is 0 Å². The predicted molar refractivity (Wildman–Crippen MR) is 79.6 cm³/mol. The van der Waals surface area contributed by atoms with Crippen molar-refractivity contribution in [3.05, 3.63) is 46.2 Å². The van der Waals surface area contributed by atoms with E-state index in [9.17, 15) is 9.59 Å². The van der Waals surface area contributed by atoms with E-state index in [0.717, 1.165) is 16.8 Å². The molecule has 5 heteroatoms. The van der Waals surface area contributed by atoms with Crippen molar-refractivity contribution in [3.8, 4) is 0 Å². The van der Waals surface area contributed by atoms with Gasteiger partial charge in [-0.15, -0.1) is 0 Å². The van der Waals surface area contributed by atoms with Crippen LogP contribution in [0, 0.1) is 13.8 Å². The summed E-state index contributed by atoms with van der Waals surface area (Å²) in [5.41, 5.74) is 4.72. The van der Waals surface area contributed by atoms with Gasteiger partial charge < -0.3 is 10.2 Å². The largest absolute Gasteiger partial charge is 0.336 e. The summed E-state index contributed by atoms with van der Waals surface area (Å²) in [6.45, 7) is 4.53. The van der Waals surface area contributed by atoms with Gasteiger partial charge in [0.15, 0.2) is 0 Å². The van der Waals surface area contributed by atoms with Crippen LogP contribution in [0.3, 0.4) is 0 Å². The van der Waals surface area contributed by atoms with Gasteiger partial charge in [-0.1, -0.05) is 23.8 Å². The van der Waals surface area contributed by atoms with Gasteiger partial charge in [-0.2, -0.15) is 0 Å². The Labute approximate surface area is 124 Å². The Balaban J connectivity index is 2.13. The molecule has 0 aromatic heterocycles. The monoisotopic (exact) mass is 285 g/mol. The molecule has 0 spiro atoms. The average Bonchev–Trinajstić information content (AvgIpc) is 2.71. The Morgan fingerprint density at radius 2 is 1.90 bits per heavy atom. The molecule has 0 bridgehead atoms. The van der Waals surface area contributed by atoms with Gasteiger partial charge >= 0.3 is 6.03 Å². The number of urea groups is 1. The van der Waals surface area contributed by atoms with Gasteiger partial charge in [-0.05, 0) is 25.0 Å². The van der Waals surface area contributed by atoms with Gasteiger partial charge in [0.25, 0.3) is 5.91 Å². The number of hydrogen-bond donors (Lipinski definition) is 1. The van der Waals surface area contributed by atoms with Crippen LogP contribution in [0.25, 0.3) is 0 Å². The van der Waals surface area contributed by atoms with Crippen LogP contribution in [0.2, 0.25) is 0 Å². The number of carbonyl (C=O) groups excluding carboxylic acids is 2. The van der Waals surface area contributed by atoms with E-state index in [-0.39, 0.29) is 18.0 Å². The lowest BCUT2D eigenvalue weighted by Crippen LogP contribution is -2.45. The van der Waals surface area contributed by atoms with Crippen molar-refractivity contribution < 1.29 is 9.59 Å². The van der Waals surface area contributed by atoms with Crippen LogP contribution in [0.1, 0.15) is 22.7 Å². The summed E-state index contributed by atoms with van der Waals surface area (Å²) in [5, 5.41) is 2.95. The number of nitrogens with one attached hydrogen (secondary N) is 1. The van der Waals surface area contributed by atoms with Crippen molar-refractivity contribution in [2.75, 3.05) is 20.6 Å². The molecule has 0 saturated carbocycles. The Hall–Kier alpha value is -2.30. The Kier molecular flexibility index (Phi) is 3.01. The van der Waals surface area contributed by atoms with Crippen LogP contribution < -0.4 is 5.32 Å². The second-order valence-corrected chi connectivity index (χ2v) is 5.82. The molecule has 1 aromatic rings. The number of amides is 3. The number of likely N-dealkylation sites (N-methyl/N-ethyl adjacent to an activating group) is 2. The fourth-order valence-electron chi connectivity index (χ4n) is 3.09. The van der Waals surface area contributed by atoms with E-state index in [1.807, 2.05) is 26.0 Å². The van der Waals surface area contributed by atoms with Gasteiger partial charge in [-0.3, -0.25) is 9.69 Å².